The van der Waals surface area contributed by atoms with E-state index in [2.05, 4.69) is 0 Å². The smallest absolute Gasteiger partial charge is 0.294 e. The normalized spacial score (nSPS) is 13.3. The summed E-state index contributed by atoms with van der Waals surface area (Å²) >= 11 is 5.38. The highest BCUT2D eigenvalue weighted by atomic mass is 35.5. The van der Waals surface area contributed by atoms with E-state index in [4.69, 9.17) is 11.6 Å². The molecule has 0 bridgehead atoms. The molecule has 0 N–H and O–H groups in total. The Morgan fingerprint density at radius 1 is 1.16 bits per heavy atom. The van der Waals surface area contributed by atoms with Crippen LogP contribution in [0.3, 0.4) is 0 Å². The molecule has 0 atom stereocenters. The van der Waals surface area contributed by atoms with Crippen LogP contribution >= 0.6 is 11.6 Å². The van der Waals surface area contributed by atoms with Gasteiger partial charge in [-0.25, -0.2) is 0 Å². The molecular formula is C15H12ClNO2. The van der Waals surface area contributed by atoms with Crippen LogP contribution in [-0.2, 0) is 17.8 Å². The van der Waals surface area contributed by atoms with Gasteiger partial charge in [0.15, 0.2) is 0 Å². The minimum atomic E-state index is -0.926. The topological polar surface area (TPSA) is 39.1 Å². The largest absolute Gasteiger partial charge is 0.341 e. The van der Waals surface area contributed by atoms with Crippen molar-refractivity contribution in [1.29, 1.82) is 0 Å². The number of aromatic nitrogens is 1. The van der Waals surface area contributed by atoms with Crippen molar-refractivity contribution in [2.24, 2.45) is 0 Å². The van der Waals surface area contributed by atoms with Crippen LogP contribution < -0.4 is 0 Å². The highest BCUT2D eigenvalue weighted by molar-refractivity contribution is 6.83. The van der Waals surface area contributed by atoms with Crippen LogP contribution in [0.2, 0.25) is 0 Å². The van der Waals surface area contributed by atoms with Gasteiger partial charge in [0.1, 0.15) is 5.69 Å². The summed E-state index contributed by atoms with van der Waals surface area (Å²) in [6.07, 6.45) is 1.94. The summed E-state index contributed by atoms with van der Waals surface area (Å²) in [5.74, 6) is -0.617. The van der Waals surface area contributed by atoms with Gasteiger partial charge in [0, 0.05) is 17.8 Å². The lowest BCUT2D eigenvalue weighted by Crippen LogP contribution is -2.14. The highest BCUT2D eigenvalue weighted by Crippen LogP contribution is 2.32. The molecule has 2 heterocycles. The number of carbonyl (C=O) groups is 2. The monoisotopic (exact) mass is 273 g/mol. The Balaban J connectivity index is 2.21. The van der Waals surface area contributed by atoms with E-state index in [-0.39, 0.29) is 0 Å². The van der Waals surface area contributed by atoms with Crippen molar-refractivity contribution in [2.75, 3.05) is 0 Å². The summed E-state index contributed by atoms with van der Waals surface area (Å²) in [6.45, 7) is 0.771. The number of aryl methyl sites for hydroxylation is 1. The van der Waals surface area contributed by atoms with Crippen molar-refractivity contribution >= 4 is 22.6 Å². The van der Waals surface area contributed by atoms with Crippen molar-refractivity contribution < 1.29 is 9.59 Å². The second kappa shape index (κ2) is 4.67. The van der Waals surface area contributed by atoms with Gasteiger partial charge in [-0.2, -0.15) is 0 Å². The van der Waals surface area contributed by atoms with Gasteiger partial charge in [0.05, 0.1) is 0 Å². The Labute approximate surface area is 115 Å². The molecule has 0 amide bonds. The van der Waals surface area contributed by atoms with Crippen LogP contribution in [-0.4, -0.2) is 15.6 Å². The number of ketones is 1. The van der Waals surface area contributed by atoms with Gasteiger partial charge in [-0.15, -0.1) is 0 Å². The van der Waals surface area contributed by atoms with Gasteiger partial charge in [-0.1, -0.05) is 30.3 Å². The Morgan fingerprint density at radius 3 is 2.58 bits per heavy atom. The predicted molar refractivity (Wildman–Crippen MR) is 73.4 cm³/mol. The maximum atomic E-state index is 12.1. The maximum absolute atomic E-state index is 12.1. The van der Waals surface area contributed by atoms with E-state index < -0.39 is 11.0 Å². The van der Waals surface area contributed by atoms with Gasteiger partial charge in [-0.3, -0.25) is 9.59 Å². The molecule has 0 radical (unpaired) electrons. The predicted octanol–water partition coefficient (Wildman–Crippen LogP) is 3.05. The van der Waals surface area contributed by atoms with Crippen molar-refractivity contribution in [1.82, 2.24) is 4.57 Å². The van der Waals surface area contributed by atoms with Crippen molar-refractivity contribution in [3.05, 3.63) is 47.8 Å². The fourth-order valence-corrected chi connectivity index (χ4v) is 2.75. The van der Waals surface area contributed by atoms with Crippen LogP contribution in [0.5, 0.6) is 0 Å². The third-order valence-electron chi connectivity index (χ3n) is 3.48. The van der Waals surface area contributed by atoms with Gasteiger partial charge < -0.3 is 4.57 Å². The third-order valence-corrected chi connectivity index (χ3v) is 3.65. The number of halogens is 1. The molecule has 96 valence electrons. The highest BCUT2D eigenvalue weighted by Gasteiger charge is 2.27. The number of hydrogen-bond donors (Lipinski definition) is 0. The van der Waals surface area contributed by atoms with E-state index >= 15 is 0 Å². The van der Waals surface area contributed by atoms with Gasteiger partial charge in [0.2, 0.25) is 0 Å². The Bertz CT molecular complexity index is 658. The summed E-state index contributed by atoms with van der Waals surface area (Å²) in [4.78, 5) is 23.3. The summed E-state index contributed by atoms with van der Waals surface area (Å²) in [6, 6.07) is 11.6. The lowest BCUT2D eigenvalue weighted by atomic mass is 10.0. The van der Waals surface area contributed by atoms with Gasteiger partial charge in [-0.05, 0) is 36.1 Å². The van der Waals surface area contributed by atoms with Crippen molar-refractivity contribution in [3.8, 4) is 11.1 Å². The van der Waals surface area contributed by atoms with E-state index in [0.717, 1.165) is 36.2 Å². The van der Waals surface area contributed by atoms with Crippen LogP contribution in [0.4, 0.5) is 0 Å². The molecule has 1 aliphatic rings. The zero-order chi connectivity index (χ0) is 13.4. The zero-order valence-corrected chi connectivity index (χ0v) is 11.0. The van der Waals surface area contributed by atoms with E-state index in [1.54, 1.807) is 0 Å². The van der Waals surface area contributed by atoms with Gasteiger partial charge in [0.25, 0.3) is 11.0 Å². The number of nitrogens with zero attached hydrogens (tertiary/aromatic N) is 1. The van der Waals surface area contributed by atoms with Crippen LogP contribution in [0, 0.1) is 0 Å². The minimum absolute atomic E-state index is 0.429. The summed E-state index contributed by atoms with van der Waals surface area (Å²) in [7, 11) is 0. The van der Waals surface area contributed by atoms with E-state index in [0.29, 0.717) is 5.69 Å². The molecule has 0 aliphatic carbocycles. The quantitative estimate of drug-likeness (QED) is 0.490. The van der Waals surface area contributed by atoms with E-state index in [1.165, 1.54) is 0 Å². The number of hydrogen-bond acceptors (Lipinski definition) is 2. The van der Waals surface area contributed by atoms with Crippen LogP contribution in [0.25, 0.3) is 11.1 Å². The molecule has 3 rings (SSSR count). The SMILES string of the molecule is O=C(Cl)C(=O)c1c(-c2ccccc2)cc2n1CCC2. The van der Waals surface area contributed by atoms with Crippen molar-refractivity contribution in [2.45, 2.75) is 19.4 Å². The molecule has 0 saturated heterocycles. The molecule has 1 aliphatic heterocycles. The molecule has 0 fully saturated rings. The second-order valence-electron chi connectivity index (χ2n) is 4.62. The first-order chi connectivity index (χ1) is 9.18. The average Bonchev–Trinajstić information content (AvgIpc) is 2.98. The molecule has 0 saturated carbocycles. The average molecular weight is 274 g/mol. The van der Waals surface area contributed by atoms with E-state index in [9.17, 15) is 9.59 Å². The molecule has 4 heteroatoms. The molecule has 3 nitrogen and oxygen atoms in total. The molecule has 0 unspecified atom stereocenters. The molecule has 2 aromatic rings. The first-order valence-electron chi connectivity index (χ1n) is 6.20. The molecule has 19 heavy (non-hydrogen) atoms. The fourth-order valence-electron chi connectivity index (χ4n) is 2.66. The van der Waals surface area contributed by atoms with E-state index in [1.807, 2.05) is 41.0 Å². The first kappa shape index (κ1) is 12.2. The standard InChI is InChI=1S/C15H12ClNO2/c16-15(19)14(18)13-12(10-5-2-1-3-6-10)9-11-7-4-8-17(11)13/h1-3,5-6,9H,4,7-8H2. The molecule has 1 aromatic carbocycles. The van der Waals surface area contributed by atoms with Gasteiger partial charge >= 0.3 is 0 Å². The Kier molecular flexibility index (Phi) is 2.99. The zero-order valence-electron chi connectivity index (χ0n) is 10.2. The summed E-state index contributed by atoms with van der Waals surface area (Å²) in [5, 5.41) is -0.926. The molecular weight excluding hydrogens is 262 g/mol. The molecule has 1 aromatic heterocycles. The Morgan fingerprint density at radius 2 is 1.89 bits per heavy atom. The first-order valence-corrected chi connectivity index (χ1v) is 6.58. The van der Waals surface area contributed by atoms with Crippen LogP contribution in [0.1, 0.15) is 22.6 Å². The minimum Gasteiger partial charge on any atom is -0.341 e. The van der Waals surface area contributed by atoms with Crippen LogP contribution in [0.15, 0.2) is 36.4 Å². The number of Topliss-reactive ketones (excluding diaryl/α,β-unsaturated/α-hetero) is 1. The number of carbonyl (C=O) groups excluding carboxylic acids is 2. The second-order valence-corrected chi connectivity index (χ2v) is 4.97. The number of benzene rings is 1. The maximum Gasteiger partial charge on any atom is 0.294 e. The van der Waals surface area contributed by atoms with Crippen molar-refractivity contribution in [3.63, 3.8) is 0 Å². The lowest BCUT2D eigenvalue weighted by Gasteiger charge is -2.06. The fraction of sp³-hybridized carbons (Fsp3) is 0.200. The molecule has 0 spiro atoms. The lowest BCUT2D eigenvalue weighted by molar-refractivity contribution is -0.108. The Hall–Kier alpha value is -1.87. The summed E-state index contributed by atoms with van der Waals surface area (Å²) in [5.41, 5.74) is 3.26. The number of rotatable bonds is 3. The summed E-state index contributed by atoms with van der Waals surface area (Å²) < 4.78 is 1.92. The third kappa shape index (κ3) is 2.00. The number of fused-ring (bicyclic) bond motifs is 1.